The number of hydrogen-bond donors (Lipinski definition) is 1. The Morgan fingerprint density at radius 2 is 2.12 bits per heavy atom. The maximum Gasteiger partial charge on any atom is 0.159 e. The summed E-state index contributed by atoms with van der Waals surface area (Å²) in [5, 5.41) is 0. The molecule has 1 aliphatic rings. The van der Waals surface area contributed by atoms with Crippen LogP contribution >= 0.6 is 0 Å². The lowest BCUT2D eigenvalue weighted by molar-refractivity contribution is -0.00267. The first-order valence-electron chi connectivity index (χ1n) is 5.87. The van der Waals surface area contributed by atoms with E-state index in [0.717, 1.165) is 25.0 Å². The van der Waals surface area contributed by atoms with Crippen LogP contribution in [-0.2, 0) is 11.2 Å². The van der Waals surface area contributed by atoms with Gasteiger partial charge in [-0.05, 0) is 37.0 Å². The lowest BCUT2D eigenvalue weighted by Crippen LogP contribution is -2.40. The molecule has 1 unspecified atom stereocenters. The molecule has 1 aromatic carbocycles. The lowest BCUT2D eigenvalue weighted by Gasteiger charge is -2.36. The second-order valence-corrected chi connectivity index (χ2v) is 4.79. The van der Waals surface area contributed by atoms with E-state index in [0.29, 0.717) is 19.6 Å². The molecule has 1 fully saturated rings. The second kappa shape index (κ2) is 5.10. The van der Waals surface area contributed by atoms with Crippen LogP contribution in [0.2, 0.25) is 0 Å². The first-order chi connectivity index (χ1) is 8.15. The summed E-state index contributed by atoms with van der Waals surface area (Å²) in [5.41, 5.74) is 6.46. The zero-order chi connectivity index (χ0) is 12.3. The third-order valence-corrected chi connectivity index (χ3v) is 3.40. The Morgan fingerprint density at radius 1 is 1.29 bits per heavy atom. The number of halogens is 2. The van der Waals surface area contributed by atoms with Gasteiger partial charge in [0.05, 0.1) is 6.61 Å². The van der Waals surface area contributed by atoms with Crippen molar-refractivity contribution in [1.29, 1.82) is 0 Å². The largest absolute Gasteiger partial charge is 0.381 e. The molecule has 1 saturated heterocycles. The third kappa shape index (κ3) is 2.82. The first kappa shape index (κ1) is 12.5. The molecule has 94 valence electrons. The van der Waals surface area contributed by atoms with Gasteiger partial charge in [-0.1, -0.05) is 6.07 Å². The summed E-state index contributed by atoms with van der Waals surface area (Å²) in [4.78, 5) is 0. The van der Waals surface area contributed by atoms with Crippen molar-refractivity contribution in [2.75, 3.05) is 19.8 Å². The number of hydrogen-bond acceptors (Lipinski definition) is 2. The SMILES string of the molecule is NCC1(Cc2ccc(F)c(F)c2)CCCOC1. The molecular formula is C13H17F2NO. The molecule has 0 saturated carbocycles. The van der Waals surface area contributed by atoms with E-state index < -0.39 is 11.6 Å². The zero-order valence-corrected chi connectivity index (χ0v) is 9.72. The molecule has 1 atom stereocenters. The molecule has 2 N–H and O–H groups in total. The minimum absolute atomic E-state index is 0.123. The Hall–Kier alpha value is -1.00. The van der Waals surface area contributed by atoms with Crippen molar-refractivity contribution in [2.24, 2.45) is 11.1 Å². The van der Waals surface area contributed by atoms with Gasteiger partial charge in [0.15, 0.2) is 11.6 Å². The fourth-order valence-electron chi connectivity index (χ4n) is 2.37. The molecule has 0 aliphatic carbocycles. The van der Waals surface area contributed by atoms with Crippen LogP contribution < -0.4 is 5.73 Å². The molecule has 4 heteroatoms. The lowest BCUT2D eigenvalue weighted by atomic mass is 9.77. The van der Waals surface area contributed by atoms with E-state index >= 15 is 0 Å². The van der Waals surface area contributed by atoms with E-state index in [2.05, 4.69) is 0 Å². The van der Waals surface area contributed by atoms with Gasteiger partial charge in [-0.25, -0.2) is 8.78 Å². The summed E-state index contributed by atoms with van der Waals surface area (Å²) in [6.07, 6.45) is 2.59. The van der Waals surface area contributed by atoms with Gasteiger partial charge in [0.25, 0.3) is 0 Å². The van der Waals surface area contributed by atoms with Crippen molar-refractivity contribution >= 4 is 0 Å². The summed E-state index contributed by atoms with van der Waals surface area (Å²) < 4.78 is 31.4. The van der Waals surface area contributed by atoms with Crippen molar-refractivity contribution in [3.63, 3.8) is 0 Å². The quantitative estimate of drug-likeness (QED) is 0.881. The van der Waals surface area contributed by atoms with Crippen LogP contribution in [0.25, 0.3) is 0 Å². The first-order valence-corrected chi connectivity index (χ1v) is 5.87. The minimum Gasteiger partial charge on any atom is -0.381 e. The average Bonchev–Trinajstić information content (AvgIpc) is 2.35. The zero-order valence-electron chi connectivity index (χ0n) is 9.72. The van der Waals surface area contributed by atoms with Crippen LogP contribution in [0.15, 0.2) is 18.2 Å². The smallest absolute Gasteiger partial charge is 0.159 e. The molecule has 0 spiro atoms. The Morgan fingerprint density at radius 3 is 2.71 bits per heavy atom. The van der Waals surface area contributed by atoms with Crippen molar-refractivity contribution in [1.82, 2.24) is 0 Å². The maximum absolute atomic E-state index is 13.1. The molecular weight excluding hydrogens is 224 g/mol. The Labute approximate surface area is 99.8 Å². The Bertz CT molecular complexity index is 389. The summed E-state index contributed by atoms with van der Waals surface area (Å²) in [5.74, 6) is -1.61. The minimum atomic E-state index is -0.810. The maximum atomic E-state index is 13.1. The number of rotatable bonds is 3. The van der Waals surface area contributed by atoms with Gasteiger partial charge in [0.1, 0.15) is 0 Å². The predicted octanol–water partition coefficient (Wildman–Crippen LogP) is 2.26. The number of benzene rings is 1. The Balaban J connectivity index is 2.14. The fraction of sp³-hybridized carbons (Fsp3) is 0.538. The second-order valence-electron chi connectivity index (χ2n) is 4.79. The van der Waals surface area contributed by atoms with Gasteiger partial charge >= 0.3 is 0 Å². The van der Waals surface area contributed by atoms with Crippen LogP contribution in [0.1, 0.15) is 18.4 Å². The summed E-state index contributed by atoms with van der Waals surface area (Å²) in [7, 11) is 0. The van der Waals surface area contributed by atoms with Crippen LogP contribution in [0.5, 0.6) is 0 Å². The molecule has 1 aromatic rings. The summed E-state index contributed by atoms with van der Waals surface area (Å²) >= 11 is 0. The highest BCUT2D eigenvalue weighted by Gasteiger charge is 2.31. The summed E-state index contributed by atoms with van der Waals surface area (Å²) in [6, 6.07) is 4.03. The van der Waals surface area contributed by atoms with Crippen molar-refractivity contribution in [3.05, 3.63) is 35.4 Å². The fourth-order valence-corrected chi connectivity index (χ4v) is 2.37. The van der Waals surface area contributed by atoms with Crippen LogP contribution in [0, 0.1) is 17.0 Å². The van der Waals surface area contributed by atoms with Crippen LogP contribution in [0.3, 0.4) is 0 Å². The van der Waals surface area contributed by atoms with Crippen molar-refractivity contribution in [2.45, 2.75) is 19.3 Å². The van der Waals surface area contributed by atoms with E-state index in [1.54, 1.807) is 6.07 Å². The molecule has 17 heavy (non-hydrogen) atoms. The molecule has 2 rings (SSSR count). The topological polar surface area (TPSA) is 35.2 Å². The molecule has 0 radical (unpaired) electrons. The monoisotopic (exact) mass is 241 g/mol. The predicted molar refractivity (Wildman–Crippen MR) is 61.6 cm³/mol. The van der Waals surface area contributed by atoms with E-state index in [1.165, 1.54) is 12.1 Å². The van der Waals surface area contributed by atoms with Gasteiger partial charge in [0.2, 0.25) is 0 Å². The highest BCUT2D eigenvalue weighted by Crippen LogP contribution is 2.31. The van der Waals surface area contributed by atoms with E-state index in [1.807, 2.05) is 0 Å². The number of ether oxygens (including phenoxy) is 1. The van der Waals surface area contributed by atoms with Gasteiger partial charge in [0, 0.05) is 18.6 Å². The third-order valence-electron chi connectivity index (χ3n) is 3.40. The summed E-state index contributed by atoms with van der Waals surface area (Å²) in [6.45, 7) is 1.87. The van der Waals surface area contributed by atoms with E-state index in [-0.39, 0.29) is 5.41 Å². The van der Waals surface area contributed by atoms with Gasteiger partial charge in [-0.15, -0.1) is 0 Å². The molecule has 1 aliphatic heterocycles. The molecule has 0 aromatic heterocycles. The van der Waals surface area contributed by atoms with Crippen LogP contribution in [-0.4, -0.2) is 19.8 Å². The Kier molecular flexibility index (Phi) is 3.74. The molecule has 2 nitrogen and oxygen atoms in total. The van der Waals surface area contributed by atoms with Crippen molar-refractivity contribution < 1.29 is 13.5 Å². The van der Waals surface area contributed by atoms with Crippen LogP contribution in [0.4, 0.5) is 8.78 Å². The molecule has 1 heterocycles. The average molecular weight is 241 g/mol. The van der Waals surface area contributed by atoms with Crippen molar-refractivity contribution in [3.8, 4) is 0 Å². The standard InChI is InChI=1S/C13H17F2NO/c14-11-3-2-10(6-12(11)15)7-13(8-16)4-1-5-17-9-13/h2-3,6H,1,4-5,7-9,16H2. The van der Waals surface area contributed by atoms with E-state index in [9.17, 15) is 8.78 Å². The van der Waals surface area contributed by atoms with E-state index in [4.69, 9.17) is 10.5 Å². The highest BCUT2D eigenvalue weighted by molar-refractivity contribution is 5.19. The van der Waals surface area contributed by atoms with Gasteiger partial charge in [-0.3, -0.25) is 0 Å². The molecule has 0 amide bonds. The van der Waals surface area contributed by atoms with Gasteiger partial charge in [-0.2, -0.15) is 0 Å². The molecule has 0 bridgehead atoms. The highest BCUT2D eigenvalue weighted by atomic mass is 19.2. The number of nitrogens with two attached hydrogens (primary N) is 1. The van der Waals surface area contributed by atoms with Gasteiger partial charge < -0.3 is 10.5 Å². The normalized spacial score (nSPS) is 24.9.